The highest BCUT2D eigenvalue weighted by molar-refractivity contribution is 5.39. The van der Waals surface area contributed by atoms with Crippen LogP contribution in [0.2, 0.25) is 0 Å². The number of pyridine rings is 1. The van der Waals surface area contributed by atoms with Crippen molar-refractivity contribution < 1.29 is 0 Å². The average molecular weight is 172 g/mol. The molecule has 2 aromatic rings. The second-order valence-corrected chi connectivity index (χ2v) is 3.36. The number of nitrogens with zero attached hydrogens (tertiary/aromatic N) is 2. The van der Waals surface area contributed by atoms with E-state index in [4.69, 9.17) is 0 Å². The number of hydrogen-bond acceptors (Lipinski definition) is 1. The maximum atomic E-state index is 4.18. The van der Waals surface area contributed by atoms with Crippen molar-refractivity contribution in [2.75, 3.05) is 0 Å². The highest BCUT2D eigenvalue weighted by Crippen LogP contribution is 2.08. The van der Waals surface area contributed by atoms with E-state index in [2.05, 4.69) is 23.8 Å². The SMILES string of the molecule is C=C(C)Cc1ccc2nccn2c1. The Balaban J connectivity index is 2.42. The molecule has 0 atom stereocenters. The summed E-state index contributed by atoms with van der Waals surface area (Å²) in [4.78, 5) is 4.18. The fraction of sp³-hybridized carbons (Fsp3) is 0.182. The predicted molar refractivity (Wildman–Crippen MR) is 53.7 cm³/mol. The normalized spacial score (nSPS) is 10.5. The number of allylic oxidation sites excluding steroid dienone is 1. The Morgan fingerprint density at radius 1 is 1.54 bits per heavy atom. The molecule has 13 heavy (non-hydrogen) atoms. The monoisotopic (exact) mass is 172 g/mol. The number of hydrogen-bond donors (Lipinski definition) is 0. The van der Waals surface area contributed by atoms with Crippen molar-refractivity contribution in [3.05, 3.63) is 48.4 Å². The van der Waals surface area contributed by atoms with E-state index in [0.717, 1.165) is 12.1 Å². The summed E-state index contributed by atoms with van der Waals surface area (Å²) in [6.07, 6.45) is 6.79. The third kappa shape index (κ3) is 1.61. The Labute approximate surface area is 77.5 Å². The molecule has 66 valence electrons. The van der Waals surface area contributed by atoms with Crippen LogP contribution in [-0.4, -0.2) is 9.38 Å². The van der Waals surface area contributed by atoms with Gasteiger partial charge in [-0.05, 0) is 25.0 Å². The van der Waals surface area contributed by atoms with Gasteiger partial charge in [0.05, 0.1) is 0 Å². The summed E-state index contributed by atoms with van der Waals surface area (Å²) in [5.41, 5.74) is 3.45. The lowest BCUT2D eigenvalue weighted by Crippen LogP contribution is -1.90. The molecular formula is C11H12N2. The van der Waals surface area contributed by atoms with Crippen LogP contribution in [0.4, 0.5) is 0 Å². The molecule has 2 aromatic heterocycles. The van der Waals surface area contributed by atoms with Crippen molar-refractivity contribution in [1.82, 2.24) is 9.38 Å². The number of fused-ring (bicyclic) bond motifs is 1. The Kier molecular flexibility index (Phi) is 1.89. The quantitative estimate of drug-likeness (QED) is 0.636. The van der Waals surface area contributed by atoms with Gasteiger partial charge < -0.3 is 4.40 Å². The largest absolute Gasteiger partial charge is 0.307 e. The average Bonchev–Trinajstić information content (AvgIpc) is 2.49. The Hall–Kier alpha value is -1.57. The molecule has 2 rings (SSSR count). The van der Waals surface area contributed by atoms with Crippen molar-refractivity contribution in [3.63, 3.8) is 0 Å². The lowest BCUT2D eigenvalue weighted by Gasteiger charge is -2.01. The molecule has 0 aliphatic heterocycles. The van der Waals surface area contributed by atoms with E-state index in [1.54, 1.807) is 6.20 Å². The first-order valence-corrected chi connectivity index (χ1v) is 4.32. The van der Waals surface area contributed by atoms with Gasteiger partial charge in [0, 0.05) is 18.6 Å². The third-order valence-electron chi connectivity index (χ3n) is 1.96. The molecule has 0 saturated carbocycles. The summed E-state index contributed by atoms with van der Waals surface area (Å²) < 4.78 is 2.03. The first-order chi connectivity index (χ1) is 6.25. The van der Waals surface area contributed by atoms with Crippen LogP contribution in [-0.2, 0) is 6.42 Å². The zero-order valence-electron chi connectivity index (χ0n) is 7.70. The van der Waals surface area contributed by atoms with E-state index < -0.39 is 0 Å². The molecule has 0 N–H and O–H groups in total. The first kappa shape index (κ1) is 8.05. The lowest BCUT2D eigenvalue weighted by molar-refractivity contribution is 1.08. The van der Waals surface area contributed by atoms with Gasteiger partial charge in [0.1, 0.15) is 5.65 Å². The van der Waals surface area contributed by atoms with Gasteiger partial charge in [-0.1, -0.05) is 18.2 Å². The van der Waals surface area contributed by atoms with Crippen LogP contribution in [0.25, 0.3) is 5.65 Å². The van der Waals surface area contributed by atoms with Gasteiger partial charge in [-0.15, -0.1) is 0 Å². The summed E-state index contributed by atoms with van der Waals surface area (Å²) in [5.74, 6) is 0. The minimum atomic E-state index is 0.939. The van der Waals surface area contributed by atoms with E-state index in [9.17, 15) is 0 Å². The highest BCUT2D eigenvalue weighted by atomic mass is 15.0. The van der Waals surface area contributed by atoms with Crippen LogP contribution in [0.1, 0.15) is 12.5 Å². The van der Waals surface area contributed by atoms with Crippen LogP contribution in [0.3, 0.4) is 0 Å². The van der Waals surface area contributed by atoms with Crippen LogP contribution in [0, 0.1) is 0 Å². The molecule has 0 aliphatic rings. The molecular weight excluding hydrogens is 160 g/mol. The van der Waals surface area contributed by atoms with E-state index in [1.807, 2.05) is 23.6 Å². The Morgan fingerprint density at radius 2 is 2.38 bits per heavy atom. The van der Waals surface area contributed by atoms with E-state index in [0.29, 0.717) is 0 Å². The smallest absolute Gasteiger partial charge is 0.136 e. The van der Waals surface area contributed by atoms with Gasteiger partial charge in [-0.2, -0.15) is 0 Å². The standard InChI is InChI=1S/C11H12N2/c1-9(2)7-10-3-4-11-12-5-6-13(11)8-10/h3-6,8H,1,7H2,2H3. The summed E-state index contributed by atoms with van der Waals surface area (Å²) in [7, 11) is 0. The van der Waals surface area contributed by atoms with Gasteiger partial charge in [0.15, 0.2) is 0 Å². The van der Waals surface area contributed by atoms with Crippen LogP contribution >= 0.6 is 0 Å². The molecule has 0 spiro atoms. The fourth-order valence-electron chi connectivity index (χ4n) is 1.42. The first-order valence-electron chi connectivity index (χ1n) is 4.32. The number of imidazole rings is 1. The summed E-state index contributed by atoms with van der Waals surface area (Å²) in [6.45, 7) is 5.93. The van der Waals surface area contributed by atoms with Gasteiger partial charge in [-0.25, -0.2) is 4.98 Å². The van der Waals surface area contributed by atoms with Crippen LogP contribution in [0.5, 0.6) is 0 Å². The van der Waals surface area contributed by atoms with Crippen molar-refractivity contribution in [2.24, 2.45) is 0 Å². The van der Waals surface area contributed by atoms with Gasteiger partial charge >= 0.3 is 0 Å². The van der Waals surface area contributed by atoms with Crippen LogP contribution in [0.15, 0.2) is 42.9 Å². The van der Waals surface area contributed by atoms with Crippen LogP contribution < -0.4 is 0 Å². The Morgan fingerprint density at radius 3 is 3.15 bits per heavy atom. The van der Waals surface area contributed by atoms with Crippen molar-refractivity contribution in [3.8, 4) is 0 Å². The van der Waals surface area contributed by atoms with Gasteiger partial charge in [0.25, 0.3) is 0 Å². The minimum absolute atomic E-state index is 0.939. The maximum Gasteiger partial charge on any atom is 0.136 e. The van der Waals surface area contributed by atoms with Gasteiger partial charge in [0.2, 0.25) is 0 Å². The molecule has 2 nitrogen and oxygen atoms in total. The van der Waals surface area contributed by atoms with E-state index in [1.165, 1.54) is 11.1 Å². The molecule has 0 amide bonds. The molecule has 0 unspecified atom stereocenters. The number of rotatable bonds is 2. The summed E-state index contributed by atoms with van der Waals surface area (Å²) >= 11 is 0. The van der Waals surface area contributed by atoms with Crippen molar-refractivity contribution >= 4 is 5.65 Å². The van der Waals surface area contributed by atoms with Crippen molar-refractivity contribution in [1.29, 1.82) is 0 Å². The molecule has 0 fully saturated rings. The summed E-state index contributed by atoms with van der Waals surface area (Å²) in [6, 6.07) is 4.12. The molecule has 2 heterocycles. The molecule has 0 bridgehead atoms. The minimum Gasteiger partial charge on any atom is -0.307 e. The third-order valence-corrected chi connectivity index (χ3v) is 1.96. The molecule has 0 saturated heterocycles. The highest BCUT2D eigenvalue weighted by Gasteiger charge is 1.96. The van der Waals surface area contributed by atoms with Gasteiger partial charge in [-0.3, -0.25) is 0 Å². The lowest BCUT2D eigenvalue weighted by atomic mass is 10.1. The molecule has 0 aliphatic carbocycles. The zero-order chi connectivity index (χ0) is 9.26. The predicted octanol–water partition coefficient (Wildman–Crippen LogP) is 2.45. The second kappa shape index (κ2) is 3.05. The summed E-state index contributed by atoms with van der Waals surface area (Å²) in [5, 5.41) is 0. The fourth-order valence-corrected chi connectivity index (χ4v) is 1.42. The van der Waals surface area contributed by atoms with E-state index in [-0.39, 0.29) is 0 Å². The van der Waals surface area contributed by atoms with E-state index >= 15 is 0 Å². The molecule has 0 radical (unpaired) electrons. The molecule has 0 aromatic carbocycles. The Bertz CT molecular complexity index is 440. The van der Waals surface area contributed by atoms with Crippen molar-refractivity contribution in [2.45, 2.75) is 13.3 Å². The molecule has 2 heteroatoms. The number of aromatic nitrogens is 2. The maximum absolute atomic E-state index is 4.18. The topological polar surface area (TPSA) is 17.3 Å². The second-order valence-electron chi connectivity index (χ2n) is 3.36. The zero-order valence-corrected chi connectivity index (χ0v) is 7.70.